The zero-order valence-electron chi connectivity index (χ0n) is 17.1. The first-order valence-corrected chi connectivity index (χ1v) is 11.7. The molecular weight excluding hydrogens is 446 g/mol. The van der Waals surface area contributed by atoms with E-state index in [1.54, 1.807) is 0 Å². The normalized spacial score (nSPS) is 12.2. The zero-order chi connectivity index (χ0) is 21.9. The Hall–Kier alpha value is -3.37. The third-order valence-electron chi connectivity index (χ3n) is 4.72. The molecule has 1 aliphatic rings. The number of rotatable bonds is 7. The smallest absolute Gasteiger partial charge is 0.236 e. The van der Waals surface area contributed by atoms with E-state index in [9.17, 15) is 4.79 Å². The van der Waals surface area contributed by atoms with Crippen molar-refractivity contribution in [1.29, 1.82) is 0 Å². The Morgan fingerprint density at radius 3 is 2.81 bits per heavy atom. The van der Waals surface area contributed by atoms with E-state index in [2.05, 4.69) is 20.5 Å². The minimum Gasteiger partial charge on any atom is -0.454 e. The summed E-state index contributed by atoms with van der Waals surface area (Å²) >= 11 is 2.75. The fourth-order valence-corrected chi connectivity index (χ4v) is 4.70. The van der Waals surface area contributed by atoms with Crippen molar-refractivity contribution in [2.75, 3.05) is 17.9 Å². The van der Waals surface area contributed by atoms with Gasteiger partial charge in [0.2, 0.25) is 12.7 Å². The van der Waals surface area contributed by atoms with Gasteiger partial charge >= 0.3 is 0 Å². The Morgan fingerprint density at radius 1 is 1.16 bits per heavy atom. The molecule has 1 amide bonds. The van der Waals surface area contributed by atoms with Gasteiger partial charge in [0.1, 0.15) is 0 Å². The first-order chi connectivity index (χ1) is 15.7. The summed E-state index contributed by atoms with van der Waals surface area (Å²) < 4.78 is 12.9. The molecule has 3 heterocycles. The average Bonchev–Trinajstić information content (AvgIpc) is 3.53. The maximum Gasteiger partial charge on any atom is 0.236 e. The van der Waals surface area contributed by atoms with Crippen LogP contribution in [0, 0.1) is 6.92 Å². The number of anilines is 1. The van der Waals surface area contributed by atoms with Gasteiger partial charge in [-0.3, -0.25) is 9.36 Å². The Kier molecular flexibility index (Phi) is 5.78. The van der Waals surface area contributed by atoms with Crippen molar-refractivity contribution in [3.05, 3.63) is 65.2 Å². The maximum absolute atomic E-state index is 12.4. The number of aryl methyl sites for hydroxylation is 1. The third-order valence-corrected chi connectivity index (χ3v) is 6.57. The molecule has 0 radical (unpaired) electrons. The van der Waals surface area contributed by atoms with Crippen molar-refractivity contribution in [3.8, 4) is 22.9 Å². The Balaban J connectivity index is 1.38. The predicted octanol–water partition coefficient (Wildman–Crippen LogP) is 4.22. The molecule has 0 fully saturated rings. The van der Waals surface area contributed by atoms with E-state index in [0.29, 0.717) is 16.8 Å². The molecule has 0 aliphatic carbocycles. The minimum atomic E-state index is -0.136. The number of hydrogen-bond donors (Lipinski definition) is 1. The van der Waals surface area contributed by atoms with Crippen LogP contribution in [-0.2, 0) is 11.3 Å². The lowest BCUT2D eigenvalue weighted by Crippen LogP contribution is -2.14. The number of nitrogens with one attached hydrogen (secondary N) is 1. The van der Waals surface area contributed by atoms with Gasteiger partial charge in [0.05, 0.1) is 18.0 Å². The number of hydrogen-bond acceptors (Lipinski definition) is 8. The number of fused-ring (bicyclic) bond motifs is 1. The molecule has 0 unspecified atom stereocenters. The lowest BCUT2D eigenvalue weighted by atomic mass is 10.2. The van der Waals surface area contributed by atoms with Crippen LogP contribution < -0.4 is 14.8 Å². The molecule has 162 valence electrons. The van der Waals surface area contributed by atoms with Crippen molar-refractivity contribution >= 4 is 34.1 Å². The van der Waals surface area contributed by atoms with Crippen molar-refractivity contribution in [2.45, 2.75) is 18.6 Å². The lowest BCUT2D eigenvalue weighted by Gasteiger charge is -2.11. The van der Waals surface area contributed by atoms with Gasteiger partial charge in [0.15, 0.2) is 27.6 Å². The Morgan fingerprint density at radius 2 is 2.00 bits per heavy atom. The van der Waals surface area contributed by atoms with Crippen LogP contribution >= 0.6 is 23.1 Å². The van der Waals surface area contributed by atoms with Gasteiger partial charge in [-0.25, -0.2) is 4.98 Å². The molecular formula is C22H19N5O3S2. The molecule has 5 rings (SSSR count). The number of ether oxygens (including phenoxy) is 2. The van der Waals surface area contributed by atoms with Crippen LogP contribution in [0.25, 0.3) is 11.4 Å². The van der Waals surface area contributed by atoms with Crippen LogP contribution in [0.4, 0.5) is 5.13 Å². The topological polar surface area (TPSA) is 91.2 Å². The molecule has 2 aromatic heterocycles. The van der Waals surface area contributed by atoms with Gasteiger partial charge < -0.3 is 14.8 Å². The summed E-state index contributed by atoms with van der Waals surface area (Å²) in [5.41, 5.74) is 2.86. The van der Waals surface area contributed by atoms with Crippen LogP contribution in [0.1, 0.15) is 11.3 Å². The predicted molar refractivity (Wildman–Crippen MR) is 123 cm³/mol. The molecule has 0 spiro atoms. The molecule has 0 saturated heterocycles. The van der Waals surface area contributed by atoms with E-state index < -0.39 is 0 Å². The lowest BCUT2D eigenvalue weighted by molar-refractivity contribution is -0.113. The van der Waals surface area contributed by atoms with Gasteiger partial charge in [-0.05, 0) is 24.6 Å². The largest absolute Gasteiger partial charge is 0.454 e. The molecule has 0 atom stereocenters. The highest BCUT2D eigenvalue weighted by Crippen LogP contribution is 2.33. The van der Waals surface area contributed by atoms with Crippen LogP contribution in [0.3, 0.4) is 0 Å². The second kappa shape index (κ2) is 9.01. The number of benzene rings is 2. The van der Waals surface area contributed by atoms with E-state index in [1.807, 2.05) is 65.4 Å². The molecule has 2 aromatic carbocycles. The monoisotopic (exact) mass is 465 g/mol. The minimum absolute atomic E-state index is 0.136. The first kappa shape index (κ1) is 20.5. The first-order valence-electron chi connectivity index (χ1n) is 9.87. The van der Waals surface area contributed by atoms with E-state index in [1.165, 1.54) is 23.1 Å². The van der Waals surface area contributed by atoms with Crippen molar-refractivity contribution in [3.63, 3.8) is 0 Å². The fraction of sp³-hybridized carbons (Fsp3) is 0.182. The van der Waals surface area contributed by atoms with E-state index in [4.69, 9.17) is 9.47 Å². The highest BCUT2D eigenvalue weighted by Gasteiger charge is 2.18. The number of thiazole rings is 1. The summed E-state index contributed by atoms with van der Waals surface area (Å²) in [6.07, 6.45) is 0. The quantitative estimate of drug-likeness (QED) is 0.409. The molecule has 32 heavy (non-hydrogen) atoms. The summed E-state index contributed by atoms with van der Waals surface area (Å²) in [7, 11) is 0. The van der Waals surface area contributed by atoms with Crippen LogP contribution in [-0.4, -0.2) is 38.2 Å². The van der Waals surface area contributed by atoms with Crippen molar-refractivity contribution in [1.82, 2.24) is 19.7 Å². The molecule has 1 aliphatic heterocycles. The van der Waals surface area contributed by atoms with Gasteiger partial charge in [0.25, 0.3) is 0 Å². The number of amides is 1. The zero-order valence-corrected chi connectivity index (χ0v) is 18.8. The number of nitrogens with zero attached hydrogens (tertiary/aromatic N) is 4. The number of aromatic nitrogens is 4. The van der Waals surface area contributed by atoms with E-state index in [0.717, 1.165) is 34.1 Å². The summed E-state index contributed by atoms with van der Waals surface area (Å²) in [6.45, 7) is 2.66. The summed E-state index contributed by atoms with van der Waals surface area (Å²) in [5, 5.41) is 14.8. The van der Waals surface area contributed by atoms with Crippen LogP contribution in [0.5, 0.6) is 11.5 Å². The fourth-order valence-electron chi connectivity index (χ4n) is 3.26. The highest BCUT2D eigenvalue weighted by molar-refractivity contribution is 7.99. The van der Waals surface area contributed by atoms with E-state index >= 15 is 0 Å². The highest BCUT2D eigenvalue weighted by atomic mass is 32.2. The average molecular weight is 466 g/mol. The number of thioether (sulfide) groups is 1. The van der Waals surface area contributed by atoms with Crippen molar-refractivity contribution < 1.29 is 14.3 Å². The van der Waals surface area contributed by atoms with Gasteiger partial charge in [0, 0.05) is 10.9 Å². The van der Waals surface area contributed by atoms with Gasteiger partial charge in [-0.2, -0.15) is 0 Å². The summed E-state index contributed by atoms with van der Waals surface area (Å²) in [5.74, 6) is 2.27. The second-order valence-corrected chi connectivity index (χ2v) is 8.88. The SMILES string of the molecule is Cc1csc(NC(=O)CSc2nnc(-c3ccccc3)n2Cc2ccc3c(c2)OCO3)n1. The van der Waals surface area contributed by atoms with Crippen LogP contribution in [0.2, 0.25) is 0 Å². The molecule has 0 saturated carbocycles. The molecule has 1 N–H and O–H groups in total. The number of carbonyl (C=O) groups is 1. The molecule has 8 nitrogen and oxygen atoms in total. The Labute approximate surface area is 192 Å². The molecule has 0 bridgehead atoms. The second-order valence-electron chi connectivity index (χ2n) is 7.08. The van der Waals surface area contributed by atoms with Crippen LogP contribution in [0.15, 0.2) is 59.1 Å². The summed E-state index contributed by atoms with van der Waals surface area (Å²) in [6, 6.07) is 15.7. The third kappa shape index (κ3) is 4.46. The van der Waals surface area contributed by atoms with Gasteiger partial charge in [-0.15, -0.1) is 21.5 Å². The molecule has 10 heteroatoms. The van der Waals surface area contributed by atoms with Crippen molar-refractivity contribution in [2.24, 2.45) is 0 Å². The van der Waals surface area contributed by atoms with Gasteiger partial charge in [-0.1, -0.05) is 48.2 Å². The summed E-state index contributed by atoms with van der Waals surface area (Å²) in [4.78, 5) is 16.7. The van der Waals surface area contributed by atoms with E-state index in [-0.39, 0.29) is 18.5 Å². The Bertz CT molecular complexity index is 1260. The maximum atomic E-state index is 12.4. The molecule has 4 aromatic rings. The number of carbonyl (C=O) groups excluding carboxylic acids is 1. The standard InChI is InChI=1S/C22H19N5O3S2/c1-14-11-31-21(23-14)24-19(28)12-32-22-26-25-20(16-5-3-2-4-6-16)27(22)10-15-7-8-17-18(9-15)30-13-29-17/h2-9,11H,10,12-13H2,1H3,(H,23,24,28).